The smallest absolute Gasteiger partial charge is 1.00 e. The first-order valence-corrected chi connectivity index (χ1v) is 34.0. The largest absolute Gasteiger partial charge is 3.00 e. The van der Waals surface area contributed by atoms with Crippen LogP contribution in [0.1, 0.15) is 0 Å². The molecule has 0 spiro atoms. The first-order chi connectivity index (χ1) is 41.3. The Balaban J connectivity index is 0.000000274. The monoisotopic (exact) mass is 1370 g/mol. The maximum absolute atomic E-state index is 8.08. The molecule has 0 aliphatic carbocycles. The molecule has 0 bridgehead atoms. The van der Waals surface area contributed by atoms with Crippen molar-refractivity contribution in [2.75, 3.05) is 0 Å². The van der Waals surface area contributed by atoms with E-state index in [1.54, 1.807) is 0 Å². The molecular formula is C72H66Cl3FeN6S6. The fourth-order valence-electron chi connectivity index (χ4n) is 7.50. The average molecular weight is 1370 g/mol. The first kappa shape index (κ1) is 75.2. The summed E-state index contributed by atoms with van der Waals surface area (Å²) < 4.78 is 48.5. The molecule has 16 heteroatoms. The molecule has 0 unspecified atom stereocenters. The molecular weight excluding hydrogens is 1300 g/mol. The normalized spacial score (nSPS) is 9.89. The van der Waals surface area contributed by atoms with Crippen molar-refractivity contribution < 1.29 is 54.3 Å². The predicted octanol–water partition coefficient (Wildman–Crippen LogP) is 11.9. The predicted molar refractivity (Wildman–Crippen MR) is 357 cm³/mol. The number of benzene rings is 12. The number of hydrogen-bond acceptors (Lipinski definition) is 6. The zero-order chi connectivity index (χ0) is 58.8. The second kappa shape index (κ2) is 43.6. The minimum Gasteiger partial charge on any atom is -1.00 e. The van der Waals surface area contributed by atoms with Gasteiger partial charge in [0.2, 0.25) is 0 Å². The summed E-state index contributed by atoms with van der Waals surface area (Å²) in [5.74, 6) is 0. The van der Waals surface area contributed by atoms with E-state index < -0.39 is 64.1 Å². The van der Waals surface area contributed by atoms with Gasteiger partial charge in [0.25, 0.3) is 0 Å². The molecule has 1 radical (unpaired) electrons. The van der Waals surface area contributed by atoms with Crippen LogP contribution >= 0.6 is 0 Å². The van der Waals surface area contributed by atoms with E-state index >= 15 is 0 Å². The van der Waals surface area contributed by atoms with Crippen molar-refractivity contribution in [2.45, 2.75) is 58.7 Å². The molecule has 0 heterocycles. The van der Waals surface area contributed by atoms with Crippen LogP contribution in [-0.2, 0) is 81.2 Å². The van der Waals surface area contributed by atoms with Crippen LogP contribution in [0.25, 0.3) is 0 Å². The third kappa shape index (κ3) is 25.6. The summed E-state index contributed by atoms with van der Waals surface area (Å²) in [5.41, 5.74) is 0. The van der Waals surface area contributed by atoms with Crippen LogP contribution in [0.2, 0.25) is 0 Å². The fourth-order valence-corrected chi connectivity index (χ4v) is 14.3. The topological polar surface area (TPSA) is 143 Å². The molecule has 0 atom stereocenters. The van der Waals surface area contributed by atoms with Crippen molar-refractivity contribution in [3.05, 3.63) is 364 Å². The van der Waals surface area contributed by atoms with Crippen molar-refractivity contribution in [3.8, 4) is 0 Å². The Bertz CT molecular complexity index is 2990. The van der Waals surface area contributed by atoms with Crippen LogP contribution in [0.4, 0.5) is 0 Å². The summed E-state index contributed by atoms with van der Waals surface area (Å²) >= 11 is 0. The third-order valence-corrected chi connectivity index (χ3v) is 20.7. The van der Waals surface area contributed by atoms with E-state index in [4.69, 9.17) is 28.7 Å². The van der Waals surface area contributed by atoms with Crippen molar-refractivity contribution in [2.24, 2.45) is 0 Å². The number of nitrogens with one attached hydrogen (secondary N) is 6. The van der Waals surface area contributed by atoms with Crippen LogP contribution in [0.3, 0.4) is 0 Å². The van der Waals surface area contributed by atoms with Gasteiger partial charge in [-0.15, -0.1) is 0 Å². The molecule has 0 saturated carbocycles. The van der Waals surface area contributed by atoms with Gasteiger partial charge in [0.15, 0.2) is 0 Å². The third-order valence-electron chi connectivity index (χ3n) is 11.7. The standard InChI is InChI=1S/6C12H11NS.3ClH.Fe/c6*13-14(11-7-3-1-4-8-11)12-9-5-2-6-10-12;;;;/h6*1-10,13H;3*1H;/q;;;;;;;;;+3/p-3. The average Bonchev–Trinajstić information content (AvgIpc) is 3.79. The number of halogens is 3. The SMILES string of the molecule is N=S(c1ccccc1)c1ccccc1.N=S(c1ccccc1)c1ccccc1.N=S(c1ccccc1)c1ccccc1.N=S(c1ccccc1)c1ccccc1.N=S(c1ccccc1)c1ccccc1.N=S(c1ccccc1)c1ccccc1.[Cl-].[Cl-].[Cl-].[Fe+3]. The van der Waals surface area contributed by atoms with Gasteiger partial charge in [0, 0.05) is 58.7 Å². The van der Waals surface area contributed by atoms with Crippen molar-refractivity contribution in [1.29, 1.82) is 28.7 Å². The number of hydrogen-bond donors (Lipinski definition) is 6. The Labute approximate surface area is 564 Å². The van der Waals surface area contributed by atoms with Gasteiger partial charge in [-0.05, 0) is 210 Å². The van der Waals surface area contributed by atoms with Gasteiger partial charge in [-0.3, -0.25) is 28.7 Å². The Morgan fingerprint density at radius 2 is 0.182 bits per heavy atom. The fraction of sp³-hybridized carbons (Fsp3) is 0. The van der Waals surface area contributed by atoms with Gasteiger partial charge in [-0.25, -0.2) is 0 Å². The second-order valence-corrected chi connectivity index (χ2v) is 26.9. The number of rotatable bonds is 12. The van der Waals surface area contributed by atoms with E-state index in [1.165, 1.54) is 0 Å². The summed E-state index contributed by atoms with van der Waals surface area (Å²) in [4.78, 5) is 12.8. The summed E-state index contributed by atoms with van der Waals surface area (Å²) in [5, 5.41) is 0. The minimum absolute atomic E-state index is 0. The zero-order valence-electron chi connectivity index (χ0n) is 47.6. The van der Waals surface area contributed by atoms with E-state index in [0.717, 1.165) is 58.7 Å². The van der Waals surface area contributed by atoms with Crippen LogP contribution in [0, 0.1) is 28.7 Å². The quantitative estimate of drug-likeness (QED) is 0.0648. The molecule has 12 aromatic rings. The van der Waals surface area contributed by atoms with E-state index in [2.05, 4.69) is 0 Å². The maximum Gasteiger partial charge on any atom is 3.00 e. The van der Waals surface area contributed by atoms with Crippen molar-refractivity contribution in [3.63, 3.8) is 0 Å². The van der Waals surface area contributed by atoms with Gasteiger partial charge in [-0.2, -0.15) is 0 Å². The summed E-state index contributed by atoms with van der Waals surface area (Å²) in [6.07, 6.45) is 0. The summed E-state index contributed by atoms with van der Waals surface area (Å²) in [6.45, 7) is 0. The maximum atomic E-state index is 8.08. The molecule has 88 heavy (non-hydrogen) atoms. The Hall–Kier alpha value is -7.07. The first-order valence-electron chi connectivity index (χ1n) is 26.6. The van der Waals surface area contributed by atoms with Crippen LogP contribution < -0.4 is 37.2 Å². The summed E-state index contributed by atoms with van der Waals surface area (Å²) in [6, 6.07) is 119. The Kier molecular flexibility index (Phi) is 37.2. The van der Waals surface area contributed by atoms with Gasteiger partial charge >= 0.3 is 17.1 Å². The zero-order valence-corrected chi connectivity index (χ0v) is 55.8. The van der Waals surface area contributed by atoms with Crippen LogP contribution in [0.15, 0.2) is 423 Å². The molecule has 12 rings (SSSR count). The Morgan fingerprint density at radius 1 is 0.125 bits per heavy atom. The van der Waals surface area contributed by atoms with E-state index in [-0.39, 0.29) is 54.3 Å². The van der Waals surface area contributed by atoms with Crippen LogP contribution in [0.5, 0.6) is 0 Å². The molecule has 0 saturated heterocycles. The second-order valence-electron chi connectivity index (χ2n) is 17.6. The molecule has 449 valence electrons. The minimum atomic E-state index is -0.547. The van der Waals surface area contributed by atoms with Crippen molar-refractivity contribution in [1.82, 2.24) is 0 Å². The summed E-state index contributed by atoms with van der Waals surface area (Å²) in [7, 11) is -3.28. The Morgan fingerprint density at radius 3 is 0.239 bits per heavy atom. The molecule has 0 fully saturated rings. The van der Waals surface area contributed by atoms with E-state index in [9.17, 15) is 0 Å². The molecule has 0 aliphatic rings. The molecule has 0 amide bonds. The van der Waals surface area contributed by atoms with E-state index in [0.29, 0.717) is 0 Å². The molecule has 6 N–H and O–H groups in total. The molecule has 0 aliphatic heterocycles. The molecule has 6 nitrogen and oxygen atoms in total. The van der Waals surface area contributed by atoms with E-state index in [1.807, 2.05) is 364 Å². The van der Waals surface area contributed by atoms with Gasteiger partial charge in [-0.1, -0.05) is 218 Å². The van der Waals surface area contributed by atoms with Crippen LogP contribution in [-0.4, -0.2) is 0 Å². The molecule has 0 aromatic heterocycles. The van der Waals surface area contributed by atoms with Gasteiger partial charge in [0.05, 0.1) is 0 Å². The van der Waals surface area contributed by atoms with Crippen molar-refractivity contribution >= 4 is 64.1 Å². The van der Waals surface area contributed by atoms with Gasteiger partial charge in [0.1, 0.15) is 0 Å². The van der Waals surface area contributed by atoms with Gasteiger partial charge < -0.3 is 37.2 Å². The molecule has 12 aromatic carbocycles.